The summed E-state index contributed by atoms with van der Waals surface area (Å²) < 4.78 is 0. The van der Waals surface area contributed by atoms with Gasteiger partial charge in [0.15, 0.2) is 0 Å². The first-order valence-corrected chi connectivity index (χ1v) is 8.07. The van der Waals surface area contributed by atoms with Gasteiger partial charge >= 0.3 is 0 Å². The van der Waals surface area contributed by atoms with Crippen molar-refractivity contribution < 1.29 is 9.59 Å². The molecular formula is C19H15NO2S. The fourth-order valence-electron chi connectivity index (χ4n) is 2.23. The first-order chi connectivity index (χ1) is 11.2. The van der Waals surface area contributed by atoms with Crippen molar-refractivity contribution in [3.63, 3.8) is 0 Å². The summed E-state index contributed by atoms with van der Waals surface area (Å²) in [4.78, 5) is 26.1. The van der Waals surface area contributed by atoms with Crippen LogP contribution in [0.5, 0.6) is 0 Å². The monoisotopic (exact) mass is 321 g/mol. The van der Waals surface area contributed by atoms with E-state index in [4.69, 9.17) is 0 Å². The van der Waals surface area contributed by atoms with Gasteiger partial charge in [0.1, 0.15) is 0 Å². The number of benzene rings is 2. The van der Waals surface area contributed by atoms with Gasteiger partial charge < -0.3 is 0 Å². The van der Waals surface area contributed by atoms with E-state index in [2.05, 4.69) is 0 Å². The Morgan fingerprint density at radius 3 is 2.26 bits per heavy atom. The standard InChI is InChI=1S/C19H15NO2S/c21-18-17(13-7-12-15-8-3-1-4-9-15)23-19(22)20(18)14-16-10-5-2-6-11-16/h1-13H,14H2/b12-7-,17-13+. The van der Waals surface area contributed by atoms with E-state index in [-0.39, 0.29) is 11.1 Å². The van der Waals surface area contributed by atoms with Crippen molar-refractivity contribution in [2.75, 3.05) is 0 Å². The highest BCUT2D eigenvalue weighted by Crippen LogP contribution is 2.31. The summed E-state index contributed by atoms with van der Waals surface area (Å²) in [6.45, 7) is 0.311. The van der Waals surface area contributed by atoms with E-state index in [1.54, 1.807) is 12.2 Å². The lowest BCUT2D eigenvalue weighted by Crippen LogP contribution is -2.27. The third-order valence-electron chi connectivity index (χ3n) is 3.39. The number of imide groups is 1. The van der Waals surface area contributed by atoms with Gasteiger partial charge in [-0.25, -0.2) is 0 Å². The number of carbonyl (C=O) groups excluding carboxylic acids is 2. The van der Waals surface area contributed by atoms with Crippen molar-refractivity contribution >= 4 is 29.0 Å². The second-order valence-corrected chi connectivity index (χ2v) is 6.04. The van der Waals surface area contributed by atoms with Crippen molar-refractivity contribution in [2.45, 2.75) is 6.54 Å². The summed E-state index contributed by atoms with van der Waals surface area (Å²) in [5, 5.41) is -0.224. The lowest BCUT2D eigenvalue weighted by molar-refractivity contribution is -0.123. The van der Waals surface area contributed by atoms with Crippen LogP contribution in [0.1, 0.15) is 11.1 Å². The molecule has 23 heavy (non-hydrogen) atoms. The van der Waals surface area contributed by atoms with Crippen LogP contribution in [0.3, 0.4) is 0 Å². The van der Waals surface area contributed by atoms with Crippen LogP contribution in [-0.2, 0) is 11.3 Å². The molecule has 1 aliphatic rings. The highest BCUT2D eigenvalue weighted by molar-refractivity contribution is 8.18. The number of thioether (sulfide) groups is 1. The van der Waals surface area contributed by atoms with Gasteiger partial charge in [0.05, 0.1) is 11.4 Å². The van der Waals surface area contributed by atoms with E-state index in [0.29, 0.717) is 11.4 Å². The number of nitrogens with zero attached hydrogens (tertiary/aromatic N) is 1. The Labute approximate surface area is 139 Å². The summed E-state index contributed by atoms with van der Waals surface area (Å²) in [5.41, 5.74) is 1.99. The van der Waals surface area contributed by atoms with Gasteiger partial charge in [-0.2, -0.15) is 0 Å². The average molecular weight is 321 g/mol. The van der Waals surface area contributed by atoms with Crippen LogP contribution in [0.4, 0.5) is 4.79 Å². The van der Waals surface area contributed by atoms with Crippen molar-refractivity contribution in [3.05, 3.63) is 88.8 Å². The molecule has 0 spiro atoms. The van der Waals surface area contributed by atoms with Crippen LogP contribution < -0.4 is 0 Å². The molecule has 1 heterocycles. The summed E-state index contributed by atoms with van der Waals surface area (Å²) >= 11 is 0.983. The predicted octanol–water partition coefficient (Wildman–Crippen LogP) is 4.48. The van der Waals surface area contributed by atoms with Crippen molar-refractivity contribution in [1.82, 2.24) is 4.90 Å². The quantitative estimate of drug-likeness (QED) is 0.779. The molecule has 2 aromatic rings. The molecule has 4 heteroatoms. The molecule has 114 valence electrons. The fraction of sp³-hybridized carbons (Fsp3) is 0.0526. The third kappa shape index (κ3) is 3.79. The van der Waals surface area contributed by atoms with E-state index in [0.717, 1.165) is 22.9 Å². The molecule has 0 unspecified atom stereocenters. The average Bonchev–Trinajstić information content (AvgIpc) is 2.85. The molecule has 0 bridgehead atoms. The Morgan fingerprint density at radius 2 is 1.57 bits per heavy atom. The summed E-state index contributed by atoms with van der Waals surface area (Å²) in [7, 11) is 0. The van der Waals surface area contributed by atoms with Crippen molar-refractivity contribution in [3.8, 4) is 0 Å². The van der Waals surface area contributed by atoms with E-state index in [1.807, 2.05) is 66.7 Å². The second-order valence-electron chi connectivity index (χ2n) is 5.05. The number of hydrogen-bond acceptors (Lipinski definition) is 3. The molecule has 1 saturated heterocycles. The summed E-state index contributed by atoms with van der Waals surface area (Å²) in [5.74, 6) is -0.235. The van der Waals surface area contributed by atoms with Crippen molar-refractivity contribution in [1.29, 1.82) is 0 Å². The topological polar surface area (TPSA) is 37.4 Å². The number of amides is 2. The van der Waals surface area contributed by atoms with E-state index < -0.39 is 0 Å². The van der Waals surface area contributed by atoms with Gasteiger partial charge in [0.2, 0.25) is 0 Å². The Hall–Kier alpha value is -2.59. The molecular weight excluding hydrogens is 306 g/mol. The summed E-state index contributed by atoms with van der Waals surface area (Å²) in [6.07, 6.45) is 5.41. The van der Waals surface area contributed by atoms with E-state index in [1.165, 1.54) is 4.90 Å². The largest absolute Gasteiger partial charge is 0.293 e. The third-order valence-corrected chi connectivity index (χ3v) is 4.32. The minimum absolute atomic E-state index is 0.224. The molecule has 0 radical (unpaired) electrons. The van der Waals surface area contributed by atoms with Gasteiger partial charge in [-0.1, -0.05) is 72.8 Å². The Kier molecular flexibility index (Phi) is 4.74. The minimum atomic E-state index is -0.235. The summed E-state index contributed by atoms with van der Waals surface area (Å²) in [6, 6.07) is 19.3. The maximum Gasteiger partial charge on any atom is 0.293 e. The zero-order chi connectivity index (χ0) is 16.1. The van der Waals surface area contributed by atoms with Crippen molar-refractivity contribution in [2.24, 2.45) is 0 Å². The number of hydrogen-bond donors (Lipinski definition) is 0. The molecule has 0 saturated carbocycles. The lowest BCUT2D eigenvalue weighted by Gasteiger charge is -2.11. The van der Waals surface area contributed by atoms with E-state index >= 15 is 0 Å². The minimum Gasteiger partial charge on any atom is -0.268 e. The SMILES string of the molecule is O=C1S/C(=C/C=C\c2ccccc2)C(=O)N1Cc1ccccc1. The van der Waals surface area contributed by atoms with Crippen LogP contribution in [0.15, 0.2) is 77.7 Å². The van der Waals surface area contributed by atoms with Gasteiger partial charge in [0.25, 0.3) is 11.1 Å². The van der Waals surface area contributed by atoms with Gasteiger partial charge in [-0.15, -0.1) is 0 Å². The smallest absolute Gasteiger partial charge is 0.268 e. The molecule has 0 N–H and O–H groups in total. The van der Waals surface area contributed by atoms with Crippen LogP contribution in [0, 0.1) is 0 Å². The maximum atomic E-state index is 12.3. The molecule has 1 aliphatic heterocycles. The number of carbonyl (C=O) groups is 2. The first kappa shape index (κ1) is 15.3. The lowest BCUT2D eigenvalue weighted by atomic mass is 10.2. The first-order valence-electron chi connectivity index (χ1n) is 7.25. The number of allylic oxidation sites excluding steroid dienone is 2. The predicted molar refractivity (Wildman–Crippen MR) is 93.5 cm³/mol. The zero-order valence-corrected chi connectivity index (χ0v) is 13.2. The normalized spacial score (nSPS) is 16.7. The van der Waals surface area contributed by atoms with Crippen LogP contribution >= 0.6 is 11.8 Å². The second kappa shape index (κ2) is 7.11. The van der Waals surface area contributed by atoms with E-state index in [9.17, 15) is 9.59 Å². The molecule has 0 aliphatic carbocycles. The van der Waals surface area contributed by atoms with Crippen LogP contribution in [0.2, 0.25) is 0 Å². The van der Waals surface area contributed by atoms with Crippen LogP contribution in [-0.4, -0.2) is 16.0 Å². The van der Waals surface area contributed by atoms with Gasteiger partial charge in [-0.3, -0.25) is 14.5 Å². The molecule has 3 nitrogen and oxygen atoms in total. The molecule has 0 atom stereocenters. The highest BCUT2D eigenvalue weighted by atomic mass is 32.2. The Morgan fingerprint density at radius 1 is 0.913 bits per heavy atom. The molecule has 2 aromatic carbocycles. The number of rotatable bonds is 4. The van der Waals surface area contributed by atoms with Gasteiger partial charge in [0, 0.05) is 0 Å². The van der Waals surface area contributed by atoms with Crippen LogP contribution in [0.25, 0.3) is 6.08 Å². The molecule has 0 aromatic heterocycles. The Balaban J connectivity index is 1.71. The molecule has 1 fully saturated rings. The zero-order valence-electron chi connectivity index (χ0n) is 12.4. The van der Waals surface area contributed by atoms with Gasteiger partial charge in [-0.05, 0) is 29.0 Å². The highest BCUT2D eigenvalue weighted by Gasteiger charge is 2.34. The Bertz CT molecular complexity index is 766. The molecule has 2 amide bonds. The fourth-order valence-corrected chi connectivity index (χ4v) is 3.02. The maximum absolute atomic E-state index is 12.3. The molecule has 3 rings (SSSR count).